The van der Waals surface area contributed by atoms with Crippen LogP contribution in [-0.2, 0) is 11.0 Å². The second-order valence-corrected chi connectivity index (χ2v) is 9.45. The minimum atomic E-state index is -4.74. The van der Waals surface area contributed by atoms with Crippen LogP contribution >= 0.6 is 11.6 Å². The van der Waals surface area contributed by atoms with Crippen molar-refractivity contribution in [1.82, 2.24) is 9.88 Å². The lowest BCUT2D eigenvalue weighted by Gasteiger charge is -2.39. The fourth-order valence-corrected chi connectivity index (χ4v) is 4.55. The maximum absolute atomic E-state index is 14.6. The van der Waals surface area contributed by atoms with Gasteiger partial charge in [-0.25, -0.2) is 18.6 Å². The van der Waals surface area contributed by atoms with Gasteiger partial charge in [-0.2, -0.15) is 13.2 Å². The Labute approximate surface area is 208 Å². The van der Waals surface area contributed by atoms with Crippen LogP contribution in [0.2, 0.25) is 5.02 Å². The van der Waals surface area contributed by atoms with E-state index in [0.717, 1.165) is 34.4 Å². The Bertz CT molecular complexity index is 1220. The van der Waals surface area contributed by atoms with E-state index in [-0.39, 0.29) is 24.5 Å². The van der Waals surface area contributed by atoms with E-state index in [1.165, 1.54) is 18.9 Å². The first-order chi connectivity index (χ1) is 16.7. The van der Waals surface area contributed by atoms with Gasteiger partial charge in [0.2, 0.25) is 0 Å². The standard InChI is InChI=1S/C23H22ClF5N4O3/c1-12-8-13(23(27,28)29)9-17(30-12)33-16(10-32(21(33)35)11-22(36)6-3-7-22)20(34)31(2)15-5-4-14(25)18(24)19(15)26/h4-5,8-9,16,36H,3,6-7,10-11H2,1-2H3/t16-/m0/s1. The van der Waals surface area contributed by atoms with Crippen molar-refractivity contribution in [3.8, 4) is 0 Å². The van der Waals surface area contributed by atoms with Crippen molar-refractivity contribution in [2.24, 2.45) is 0 Å². The van der Waals surface area contributed by atoms with Crippen LogP contribution in [0, 0.1) is 18.6 Å². The smallest absolute Gasteiger partial charge is 0.388 e. The van der Waals surface area contributed by atoms with E-state index in [4.69, 9.17) is 11.6 Å². The van der Waals surface area contributed by atoms with E-state index in [2.05, 4.69) is 4.98 Å². The van der Waals surface area contributed by atoms with Crippen LogP contribution in [0.1, 0.15) is 30.5 Å². The number of carbonyl (C=O) groups excluding carboxylic acids is 2. The molecule has 1 aromatic carbocycles. The molecule has 1 aromatic heterocycles. The molecule has 4 rings (SSSR count). The molecule has 1 saturated heterocycles. The first kappa shape index (κ1) is 26.1. The summed E-state index contributed by atoms with van der Waals surface area (Å²) in [5.41, 5.74) is -2.66. The monoisotopic (exact) mass is 532 g/mol. The van der Waals surface area contributed by atoms with Crippen molar-refractivity contribution in [2.45, 2.75) is 44.0 Å². The maximum atomic E-state index is 14.6. The Kier molecular flexibility index (Phi) is 6.63. The van der Waals surface area contributed by atoms with Gasteiger partial charge in [0.15, 0.2) is 5.82 Å². The second kappa shape index (κ2) is 9.15. The van der Waals surface area contributed by atoms with Gasteiger partial charge < -0.3 is 14.9 Å². The van der Waals surface area contributed by atoms with Gasteiger partial charge in [-0.15, -0.1) is 0 Å². The molecule has 13 heteroatoms. The zero-order valence-electron chi connectivity index (χ0n) is 19.2. The van der Waals surface area contributed by atoms with Gasteiger partial charge in [0.25, 0.3) is 5.91 Å². The molecule has 36 heavy (non-hydrogen) atoms. The normalized spacial score (nSPS) is 19.5. The Morgan fingerprint density at radius 2 is 1.94 bits per heavy atom. The summed E-state index contributed by atoms with van der Waals surface area (Å²) < 4.78 is 68.6. The molecule has 1 N–H and O–H groups in total. The summed E-state index contributed by atoms with van der Waals surface area (Å²) in [6.45, 7) is 0.884. The summed E-state index contributed by atoms with van der Waals surface area (Å²) >= 11 is 5.63. The zero-order chi connectivity index (χ0) is 26.6. The lowest BCUT2D eigenvalue weighted by atomic mass is 9.80. The van der Waals surface area contributed by atoms with Gasteiger partial charge in [0.1, 0.15) is 22.7 Å². The number of urea groups is 1. The lowest BCUT2D eigenvalue weighted by Crippen LogP contribution is -2.49. The van der Waals surface area contributed by atoms with Crippen LogP contribution in [0.15, 0.2) is 24.3 Å². The Hall–Kier alpha value is -2.99. The predicted molar refractivity (Wildman–Crippen MR) is 121 cm³/mol. The predicted octanol–water partition coefficient (Wildman–Crippen LogP) is 4.53. The van der Waals surface area contributed by atoms with Crippen molar-refractivity contribution < 1.29 is 36.6 Å². The van der Waals surface area contributed by atoms with E-state index in [1.54, 1.807) is 0 Å². The molecule has 0 unspecified atom stereocenters. The number of anilines is 2. The molecule has 1 aliphatic heterocycles. The molecule has 2 aromatic rings. The van der Waals surface area contributed by atoms with Crippen LogP contribution in [0.4, 0.5) is 38.3 Å². The SMILES string of the molecule is Cc1cc(C(F)(F)F)cc(N2C(=O)N(CC3(O)CCC3)C[C@H]2C(=O)N(C)c2ccc(F)c(Cl)c2F)n1. The molecule has 2 heterocycles. The van der Waals surface area contributed by atoms with E-state index < -0.39 is 57.8 Å². The largest absolute Gasteiger partial charge is 0.416 e. The number of pyridine rings is 1. The molecule has 0 bridgehead atoms. The Balaban J connectivity index is 1.74. The summed E-state index contributed by atoms with van der Waals surface area (Å²) in [4.78, 5) is 33.7. The molecule has 0 spiro atoms. The number of halogens is 6. The third kappa shape index (κ3) is 4.71. The van der Waals surface area contributed by atoms with Gasteiger partial charge in [-0.1, -0.05) is 11.6 Å². The molecule has 0 radical (unpaired) electrons. The van der Waals surface area contributed by atoms with Gasteiger partial charge in [-0.3, -0.25) is 9.69 Å². The van der Waals surface area contributed by atoms with E-state index in [9.17, 15) is 36.6 Å². The molecule has 194 valence electrons. The van der Waals surface area contributed by atoms with Crippen molar-refractivity contribution in [1.29, 1.82) is 0 Å². The van der Waals surface area contributed by atoms with E-state index >= 15 is 0 Å². The summed E-state index contributed by atoms with van der Waals surface area (Å²) in [6.07, 6.45) is -3.15. The van der Waals surface area contributed by atoms with Gasteiger partial charge in [0, 0.05) is 12.7 Å². The Morgan fingerprint density at radius 1 is 1.28 bits per heavy atom. The Morgan fingerprint density at radius 3 is 2.53 bits per heavy atom. The molecular weight excluding hydrogens is 511 g/mol. The number of hydrogen-bond acceptors (Lipinski definition) is 4. The molecule has 1 saturated carbocycles. The number of alkyl halides is 3. The minimum Gasteiger partial charge on any atom is -0.388 e. The highest BCUT2D eigenvalue weighted by molar-refractivity contribution is 6.31. The average Bonchev–Trinajstić information content (AvgIpc) is 3.10. The molecule has 3 amide bonds. The summed E-state index contributed by atoms with van der Waals surface area (Å²) in [5.74, 6) is -3.54. The van der Waals surface area contributed by atoms with Crippen LogP contribution in [0.25, 0.3) is 0 Å². The van der Waals surface area contributed by atoms with Crippen LogP contribution in [0.3, 0.4) is 0 Å². The van der Waals surface area contributed by atoms with Gasteiger partial charge in [0.05, 0.1) is 29.9 Å². The summed E-state index contributed by atoms with van der Waals surface area (Å²) in [6, 6.07) is 1.06. The minimum absolute atomic E-state index is 0.0420. The topological polar surface area (TPSA) is 77.0 Å². The number of amides is 3. The van der Waals surface area contributed by atoms with Crippen molar-refractivity contribution in [3.05, 3.63) is 52.2 Å². The third-order valence-electron chi connectivity index (χ3n) is 6.46. The third-order valence-corrected chi connectivity index (χ3v) is 6.80. The second-order valence-electron chi connectivity index (χ2n) is 9.07. The average molecular weight is 533 g/mol. The fraction of sp³-hybridized carbons (Fsp3) is 0.435. The van der Waals surface area contributed by atoms with Crippen molar-refractivity contribution in [2.75, 3.05) is 29.9 Å². The molecule has 2 fully saturated rings. The molecule has 7 nitrogen and oxygen atoms in total. The maximum Gasteiger partial charge on any atom is 0.416 e. The van der Waals surface area contributed by atoms with Gasteiger partial charge >= 0.3 is 12.2 Å². The number of aliphatic hydroxyl groups is 1. The number of aromatic nitrogens is 1. The highest BCUT2D eigenvalue weighted by Gasteiger charge is 2.48. The number of β-amino-alcohol motifs (C(OH)–C–C–N with tert-alkyl or cyclic N) is 1. The highest BCUT2D eigenvalue weighted by Crippen LogP contribution is 2.37. The summed E-state index contributed by atoms with van der Waals surface area (Å²) in [5, 5.41) is 9.74. The van der Waals surface area contributed by atoms with E-state index in [0.29, 0.717) is 18.9 Å². The van der Waals surface area contributed by atoms with Crippen molar-refractivity contribution in [3.63, 3.8) is 0 Å². The highest BCUT2D eigenvalue weighted by atomic mass is 35.5. The first-order valence-corrected chi connectivity index (χ1v) is 11.4. The van der Waals surface area contributed by atoms with Gasteiger partial charge in [-0.05, 0) is 50.5 Å². The van der Waals surface area contributed by atoms with Crippen LogP contribution < -0.4 is 9.80 Å². The number of aryl methyl sites for hydroxylation is 1. The lowest BCUT2D eigenvalue weighted by molar-refractivity contribution is -0.137. The van der Waals surface area contributed by atoms with Crippen LogP contribution in [-0.4, -0.2) is 58.7 Å². The first-order valence-electron chi connectivity index (χ1n) is 11.0. The fourth-order valence-electron chi connectivity index (χ4n) is 4.39. The number of rotatable bonds is 5. The van der Waals surface area contributed by atoms with Crippen molar-refractivity contribution >= 4 is 35.0 Å². The number of likely N-dealkylation sites (N-methyl/N-ethyl adjacent to an activating group) is 1. The number of carbonyl (C=O) groups is 2. The van der Waals surface area contributed by atoms with E-state index in [1.807, 2.05) is 0 Å². The molecule has 1 atom stereocenters. The molecular formula is C23H22ClF5N4O3. The number of benzene rings is 1. The molecule has 1 aliphatic carbocycles. The summed E-state index contributed by atoms with van der Waals surface area (Å²) in [7, 11) is 1.17. The number of hydrogen-bond donors (Lipinski definition) is 1. The number of nitrogens with zero attached hydrogens (tertiary/aromatic N) is 4. The zero-order valence-corrected chi connectivity index (χ0v) is 20.0. The quantitative estimate of drug-likeness (QED) is 0.453. The molecule has 2 aliphatic rings. The van der Waals surface area contributed by atoms with Crippen LogP contribution in [0.5, 0.6) is 0 Å².